The summed E-state index contributed by atoms with van der Waals surface area (Å²) in [6.07, 6.45) is 5.69. The van der Waals surface area contributed by atoms with Crippen LogP contribution in [-0.4, -0.2) is 23.1 Å². The Morgan fingerprint density at radius 2 is 2.08 bits per heavy atom. The van der Waals surface area contributed by atoms with Crippen LogP contribution in [-0.2, 0) is 19.1 Å². The second-order valence-corrected chi connectivity index (χ2v) is 5.69. The second-order valence-electron chi connectivity index (χ2n) is 5.69. The predicted molar refractivity (Wildman–Crippen MR) is 86.5 cm³/mol. The topological polar surface area (TPSA) is 72.8 Å². The highest BCUT2D eigenvalue weighted by Crippen LogP contribution is 2.41. The molecule has 0 aromatic heterocycles. The Kier molecular flexibility index (Phi) is 4.62. The zero-order valence-electron chi connectivity index (χ0n) is 13.2. The maximum Gasteiger partial charge on any atom is 0.340 e. The Morgan fingerprint density at radius 3 is 2.79 bits per heavy atom. The SMILES string of the molecule is CCC(O)C(=O)OC1=CC=CC2C1=COC(=O)C2c1ccccc1. The van der Waals surface area contributed by atoms with Crippen molar-refractivity contribution in [3.63, 3.8) is 0 Å². The number of carbonyl (C=O) groups is 2. The fourth-order valence-corrected chi connectivity index (χ4v) is 2.84. The van der Waals surface area contributed by atoms with Gasteiger partial charge in [0.05, 0.1) is 5.92 Å². The third kappa shape index (κ3) is 3.03. The van der Waals surface area contributed by atoms with Crippen molar-refractivity contribution in [1.29, 1.82) is 0 Å². The molecule has 0 saturated heterocycles. The molecule has 1 aromatic carbocycles. The van der Waals surface area contributed by atoms with Gasteiger partial charge in [0.2, 0.25) is 0 Å². The van der Waals surface area contributed by atoms with E-state index in [1.54, 1.807) is 19.1 Å². The van der Waals surface area contributed by atoms with Crippen LogP contribution in [0.15, 0.2) is 66.2 Å². The molecular weight excluding hydrogens is 308 g/mol. The summed E-state index contributed by atoms with van der Waals surface area (Å²) in [6.45, 7) is 1.69. The smallest absolute Gasteiger partial charge is 0.340 e. The van der Waals surface area contributed by atoms with Crippen molar-refractivity contribution in [2.24, 2.45) is 5.92 Å². The molecule has 1 aliphatic heterocycles. The number of esters is 2. The summed E-state index contributed by atoms with van der Waals surface area (Å²) in [4.78, 5) is 24.1. The molecule has 0 saturated carbocycles. The molecule has 124 valence electrons. The number of benzene rings is 1. The van der Waals surface area contributed by atoms with Gasteiger partial charge in [0.25, 0.3) is 0 Å². The quantitative estimate of drug-likeness (QED) is 0.861. The summed E-state index contributed by atoms with van der Waals surface area (Å²) in [5.41, 5.74) is 1.45. The monoisotopic (exact) mass is 326 g/mol. The summed E-state index contributed by atoms with van der Waals surface area (Å²) >= 11 is 0. The van der Waals surface area contributed by atoms with Gasteiger partial charge < -0.3 is 14.6 Å². The molecule has 3 rings (SSSR count). The lowest BCUT2D eigenvalue weighted by molar-refractivity contribution is -0.149. The van der Waals surface area contributed by atoms with Crippen molar-refractivity contribution in [3.05, 3.63) is 71.7 Å². The van der Waals surface area contributed by atoms with Crippen LogP contribution in [0.5, 0.6) is 0 Å². The van der Waals surface area contributed by atoms with E-state index in [1.807, 2.05) is 36.4 Å². The Balaban J connectivity index is 1.88. The highest BCUT2D eigenvalue weighted by molar-refractivity contribution is 5.82. The van der Waals surface area contributed by atoms with Crippen LogP contribution in [0, 0.1) is 5.92 Å². The maximum absolute atomic E-state index is 12.3. The van der Waals surface area contributed by atoms with E-state index >= 15 is 0 Å². The molecule has 0 amide bonds. The third-order valence-corrected chi connectivity index (χ3v) is 4.15. The van der Waals surface area contributed by atoms with E-state index in [-0.39, 0.29) is 18.3 Å². The zero-order chi connectivity index (χ0) is 17.1. The Labute approximate surface area is 139 Å². The molecule has 1 heterocycles. The maximum atomic E-state index is 12.3. The number of cyclic esters (lactones) is 1. The molecule has 1 aromatic rings. The van der Waals surface area contributed by atoms with Gasteiger partial charge in [-0.15, -0.1) is 0 Å². The first-order chi connectivity index (χ1) is 11.6. The number of aliphatic hydroxyl groups is 1. The molecule has 0 bridgehead atoms. The molecule has 5 heteroatoms. The molecule has 5 nitrogen and oxygen atoms in total. The summed E-state index contributed by atoms with van der Waals surface area (Å²) in [6, 6.07) is 9.34. The van der Waals surface area contributed by atoms with Crippen molar-refractivity contribution >= 4 is 11.9 Å². The largest absolute Gasteiger partial charge is 0.434 e. The molecule has 3 atom stereocenters. The molecule has 1 aliphatic carbocycles. The Hall–Kier alpha value is -2.66. The van der Waals surface area contributed by atoms with Crippen molar-refractivity contribution in [2.75, 3.05) is 0 Å². The first kappa shape index (κ1) is 16.2. The standard InChI is InChI=1S/C19H18O5/c1-2-15(20)18(21)24-16-10-6-9-13-14(16)11-23-19(22)17(13)12-7-4-3-5-8-12/h3-11,13,15,17,20H,2H2,1H3. The summed E-state index contributed by atoms with van der Waals surface area (Å²) in [7, 11) is 0. The van der Waals surface area contributed by atoms with E-state index < -0.39 is 18.0 Å². The summed E-state index contributed by atoms with van der Waals surface area (Å²) in [5.74, 6) is -1.54. The Bertz CT molecular complexity index is 729. The summed E-state index contributed by atoms with van der Waals surface area (Å²) < 4.78 is 10.5. The predicted octanol–water partition coefficient (Wildman–Crippen LogP) is 2.59. The van der Waals surface area contributed by atoms with Gasteiger partial charge in [-0.3, -0.25) is 4.79 Å². The molecule has 0 fully saturated rings. The van der Waals surface area contributed by atoms with Gasteiger partial charge >= 0.3 is 11.9 Å². The van der Waals surface area contributed by atoms with Gasteiger partial charge in [-0.1, -0.05) is 49.4 Å². The van der Waals surface area contributed by atoms with Crippen LogP contribution in [0.3, 0.4) is 0 Å². The van der Waals surface area contributed by atoms with Crippen molar-refractivity contribution in [3.8, 4) is 0 Å². The molecular formula is C19H18O5. The number of carbonyl (C=O) groups excluding carboxylic acids is 2. The zero-order valence-corrected chi connectivity index (χ0v) is 13.2. The van der Waals surface area contributed by atoms with Crippen LogP contribution in [0.1, 0.15) is 24.8 Å². The minimum Gasteiger partial charge on any atom is -0.434 e. The number of ether oxygens (including phenoxy) is 2. The lowest BCUT2D eigenvalue weighted by Crippen LogP contribution is -2.31. The normalized spacial score (nSPS) is 23.5. The molecule has 3 unspecified atom stereocenters. The van der Waals surface area contributed by atoms with Gasteiger partial charge in [0.1, 0.15) is 12.0 Å². The van der Waals surface area contributed by atoms with Crippen LogP contribution >= 0.6 is 0 Å². The van der Waals surface area contributed by atoms with E-state index in [9.17, 15) is 14.7 Å². The van der Waals surface area contributed by atoms with Crippen molar-refractivity contribution < 1.29 is 24.2 Å². The Morgan fingerprint density at radius 1 is 1.33 bits per heavy atom. The second kappa shape index (κ2) is 6.84. The van der Waals surface area contributed by atoms with E-state index in [0.29, 0.717) is 11.3 Å². The molecule has 1 N–H and O–H groups in total. The highest BCUT2D eigenvalue weighted by atomic mass is 16.6. The first-order valence-electron chi connectivity index (χ1n) is 7.86. The average Bonchev–Trinajstić information content (AvgIpc) is 2.61. The molecule has 0 spiro atoms. The van der Waals surface area contributed by atoms with Gasteiger partial charge in [-0.25, -0.2) is 4.79 Å². The van der Waals surface area contributed by atoms with Gasteiger partial charge in [-0.05, 0) is 18.1 Å². The molecule has 2 aliphatic rings. The number of allylic oxidation sites excluding steroid dienone is 4. The highest BCUT2D eigenvalue weighted by Gasteiger charge is 2.39. The fraction of sp³-hybridized carbons (Fsp3) is 0.263. The minimum atomic E-state index is -1.17. The van der Waals surface area contributed by atoms with Gasteiger partial charge in [-0.2, -0.15) is 0 Å². The van der Waals surface area contributed by atoms with Crippen LogP contribution < -0.4 is 0 Å². The van der Waals surface area contributed by atoms with E-state index in [1.165, 1.54) is 6.26 Å². The number of rotatable bonds is 4. The lowest BCUT2D eigenvalue weighted by Gasteiger charge is -2.31. The number of aliphatic hydroxyl groups excluding tert-OH is 1. The average molecular weight is 326 g/mol. The minimum absolute atomic E-state index is 0.270. The van der Waals surface area contributed by atoms with Crippen molar-refractivity contribution in [2.45, 2.75) is 25.4 Å². The summed E-state index contributed by atoms with van der Waals surface area (Å²) in [5, 5.41) is 9.60. The number of hydrogen-bond acceptors (Lipinski definition) is 5. The number of hydrogen-bond donors (Lipinski definition) is 1. The van der Waals surface area contributed by atoms with Crippen LogP contribution in [0.4, 0.5) is 0 Å². The van der Waals surface area contributed by atoms with E-state index in [2.05, 4.69) is 0 Å². The third-order valence-electron chi connectivity index (χ3n) is 4.15. The fourth-order valence-electron chi connectivity index (χ4n) is 2.84. The van der Waals surface area contributed by atoms with E-state index in [4.69, 9.17) is 9.47 Å². The van der Waals surface area contributed by atoms with Crippen molar-refractivity contribution in [1.82, 2.24) is 0 Å². The van der Waals surface area contributed by atoms with Gasteiger partial charge in [0, 0.05) is 11.5 Å². The first-order valence-corrected chi connectivity index (χ1v) is 7.86. The lowest BCUT2D eigenvalue weighted by atomic mass is 9.78. The molecule has 24 heavy (non-hydrogen) atoms. The van der Waals surface area contributed by atoms with Crippen LogP contribution in [0.2, 0.25) is 0 Å². The number of fused-ring (bicyclic) bond motifs is 1. The van der Waals surface area contributed by atoms with E-state index in [0.717, 1.165) is 5.56 Å². The van der Waals surface area contributed by atoms with Gasteiger partial charge in [0.15, 0.2) is 6.10 Å². The molecule has 0 radical (unpaired) electrons. The van der Waals surface area contributed by atoms with Crippen LogP contribution in [0.25, 0.3) is 0 Å².